The zero-order valence-electron chi connectivity index (χ0n) is 11.4. The number of imide groups is 2. The van der Waals surface area contributed by atoms with Crippen LogP contribution in [0.15, 0.2) is 12.2 Å². The molecule has 0 N–H and O–H groups in total. The van der Waals surface area contributed by atoms with E-state index in [0.717, 1.165) is 17.1 Å². The predicted molar refractivity (Wildman–Crippen MR) is 66.8 cm³/mol. The maximum Gasteiger partial charge on any atom is 0.333 e. The summed E-state index contributed by atoms with van der Waals surface area (Å²) < 4.78 is 0. The minimum absolute atomic E-state index is 0.0224. The maximum atomic E-state index is 11.6. The first-order chi connectivity index (χ1) is 9.90. The zero-order valence-corrected chi connectivity index (χ0v) is 11.4. The van der Waals surface area contributed by atoms with E-state index < -0.39 is 35.5 Å². The molecule has 1 atom stereocenters. The van der Waals surface area contributed by atoms with Crippen LogP contribution in [-0.2, 0) is 28.8 Å². The number of nitrogens with zero attached hydrogens (tertiary/aromatic N) is 2. The third kappa shape index (κ3) is 3.15. The van der Waals surface area contributed by atoms with Crippen LogP contribution in [-0.4, -0.2) is 46.1 Å². The van der Waals surface area contributed by atoms with E-state index in [-0.39, 0.29) is 25.8 Å². The van der Waals surface area contributed by atoms with Gasteiger partial charge in [0.05, 0.1) is 0 Å². The molecule has 0 aromatic carbocycles. The van der Waals surface area contributed by atoms with E-state index in [1.165, 1.54) is 0 Å². The summed E-state index contributed by atoms with van der Waals surface area (Å²) in [4.78, 5) is 62.8. The molecular weight excluding hydrogens is 280 g/mol. The molecule has 4 amide bonds. The predicted octanol–water partition coefficient (Wildman–Crippen LogP) is -0.455. The lowest BCUT2D eigenvalue weighted by Gasteiger charge is -2.15. The van der Waals surface area contributed by atoms with Crippen molar-refractivity contribution in [2.24, 2.45) is 5.92 Å². The number of rotatable bonds is 5. The second-order valence-electron chi connectivity index (χ2n) is 4.86. The van der Waals surface area contributed by atoms with Crippen LogP contribution in [0.2, 0.25) is 0 Å². The highest BCUT2D eigenvalue weighted by molar-refractivity contribution is 6.12. The summed E-state index contributed by atoms with van der Waals surface area (Å²) in [6.07, 6.45) is 2.42. The van der Waals surface area contributed by atoms with Gasteiger partial charge in [0.15, 0.2) is 0 Å². The van der Waals surface area contributed by atoms with Crippen molar-refractivity contribution in [3.05, 3.63) is 12.2 Å². The van der Waals surface area contributed by atoms with E-state index in [4.69, 9.17) is 4.84 Å². The molecule has 8 heteroatoms. The van der Waals surface area contributed by atoms with Gasteiger partial charge in [0.2, 0.25) is 0 Å². The van der Waals surface area contributed by atoms with Gasteiger partial charge in [-0.15, -0.1) is 5.06 Å². The molecule has 0 spiro atoms. The topological polar surface area (TPSA) is 101 Å². The van der Waals surface area contributed by atoms with E-state index in [2.05, 4.69) is 0 Å². The van der Waals surface area contributed by atoms with Gasteiger partial charge in [-0.05, 0) is 6.42 Å². The Morgan fingerprint density at radius 1 is 1.24 bits per heavy atom. The van der Waals surface area contributed by atoms with Gasteiger partial charge in [0.1, 0.15) is 0 Å². The summed E-state index contributed by atoms with van der Waals surface area (Å²) in [6, 6.07) is 0. The Hall–Kier alpha value is -2.51. The molecule has 0 bridgehead atoms. The number of carbonyl (C=O) groups is 5. The molecule has 2 aliphatic rings. The summed E-state index contributed by atoms with van der Waals surface area (Å²) in [5.41, 5.74) is 0. The number of hydrogen-bond acceptors (Lipinski definition) is 6. The van der Waals surface area contributed by atoms with Crippen LogP contribution in [0.4, 0.5) is 0 Å². The largest absolute Gasteiger partial charge is 0.333 e. The fourth-order valence-corrected chi connectivity index (χ4v) is 2.03. The highest BCUT2D eigenvalue weighted by Crippen LogP contribution is 2.19. The quantitative estimate of drug-likeness (QED) is 0.636. The SMILES string of the molecule is CC1CC(=O)N(OC(=O)CCCN2C(=O)C=CC2=O)C1=O. The van der Waals surface area contributed by atoms with Crippen LogP contribution in [0, 0.1) is 5.92 Å². The van der Waals surface area contributed by atoms with Crippen LogP contribution < -0.4 is 0 Å². The molecule has 21 heavy (non-hydrogen) atoms. The van der Waals surface area contributed by atoms with Gasteiger partial charge >= 0.3 is 5.97 Å². The summed E-state index contributed by atoms with van der Waals surface area (Å²) in [7, 11) is 0. The normalized spacial score (nSPS) is 21.7. The standard InChI is InChI=1S/C13H14N2O6/c1-8-7-11(18)15(13(8)20)21-12(19)3-2-6-14-9(16)4-5-10(14)17/h4-5,8H,2-3,6-7H2,1H3. The molecule has 0 radical (unpaired) electrons. The van der Waals surface area contributed by atoms with Crippen LogP contribution in [0.25, 0.3) is 0 Å². The van der Waals surface area contributed by atoms with Crippen LogP contribution in [0.1, 0.15) is 26.2 Å². The van der Waals surface area contributed by atoms with Gasteiger partial charge in [-0.2, -0.15) is 0 Å². The van der Waals surface area contributed by atoms with Gasteiger partial charge in [-0.1, -0.05) is 6.92 Å². The van der Waals surface area contributed by atoms with Crippen molar-refractivity contribution >= 4 is 29.6 Å². The maximum absolute atomic E-state index is 11.6. The molecular formula is C13H14N2O6. The van der Waals surface area contributed by atoms with Crippen molar-refractivity contribution in [2.45, 2.75) is 26.2 Å². The number of amides is 4. The smallest absolute Gasteiger partial charge is 0.330 e. The highest BCUT2D eigenvalue weighted by atomic mass is 16.7. The lowest BCUT2D eigenvalue weighted by Crippen LogP contribution is -2.34. The fourth-order valence-electron chi connectivity index (χ4n) is 2.03. The Balaban J connectivity index is 1.76. The molecule has 1 unspecified atom stereocenters. The lowest BCUT2D eigenvalue weighted by molar-refractivity contribution is -0.198. The van der Waals surface area contributed by atoms with Crippen molar-refractivity contribution in [1.29, 1.82) is 0 Å². The van der Waals surface area contributed by atoms with Gasteiger partial charge < -0.3 is 4.84 Å². The molecule has 0 saturated carbocycles. The number of carbonyl (C=O) groups excluding carboxylic acids is 5. The van der Waals surface area contributed by atoms with E-state index in [0.29, 0.717) is 5.06 Å². The minimum Gasteiger partial charge on any atom is -0.330 e. The Kier molecular flexibility index (Phi) is 4.15. The third-order valence-corrected chi connectivity index (χ3v) is 3.19. The molecule has 2 aliphatic heterocycles. The number of hydrogen-bond donors (Lipinski definition) is 0. The van der Waals surface area contributed by atoms with Gasteiger partial charge in [-0.25, -0.2) is 4.79 Å². The molecule has 112 valence electrons. The van der Waals surface area contributed by atoms with Gasteiger partial charge in [0.25, 0.3) is 23.6 Å². The van der Waals surface area contributed by atoms with Crippen molar-refractivity contribution in [2.75, 3.05) is 6.54 Å². The van der Waals surface area contributed by atoms with Crippen LogP contribution in [0.5, 0.6) is 0 Å². The van der Waals surface area contributed by atoms with E-state index in [1.807, 2.05) is 0 Å². The molecule has 1 fully saturated rings. The zero-order chi connectivity index (χ0) is 15.6. The van der Waals surface area contributed by atoms with Crippen molar-refractivity contribution in [3.63, 3.8) is 0 Å². The van der Waals surface area contributed by atoms with E-state index in [9.17, 15) is 24.0 Å². The lowest BCUT2D eigenvalue weighted by atomic mass is 10.1. The highest BCUT2D eigenvalue weighted by Gasteiger charge is 2.38. The molecule has 2 heterocycles. The molecule has 0 aliphatic carbocycles. The van der Waals surface area contributed by atoms with Crippen LogP contribution >= 0.6 is 0 Å². The molecule has 2 rings (SSSR count). The average molecular weight is 294 g/mol. The fraction of sp³-hybridized carbons (Fsp3) is 0.462. The Bertz CT molecular complexity index is 535. The first-order valence-corrected chi connectivity index (χ1v) is 6.51. The van der Waals surface area contributed by atoms with Gasteiger partial charge in [0, 0.05) is 37.5 Å². The third-order valence-electron chi connectivity index (χ3n) is 3.19. The minimum atomic E-state index is -0.752. The Morgan fingerprint density at radius 3 is 2.38 bits per heavy atom. The molecule has 1 saturated heterocycles. The number of hydroxylamine groups is 2. The van der Waals surface area contributed by atoms with E-state index in [1.54, 1.807) is 6.92 Å². The summed E-state index contributed by atoms with van der Waals surface area (Å²) in [6.45, 7) is 1.66. The Labute approximate surface area is 120 Å². The second kappa shape index (κ2) is 5.86. The van der Waals surface area contributed by atoms with Crippen LogP contribution in [0.3, 0.4) is 0 Å². The molecule has 8 nitrogen and oxygen atoms in total. The summed E-state index contributed by atoms with van der Waals surface area (Å²) >= 11 is 0. The molecule has 0 aromatic heterocycles. The van der Waals surface area contributed by atoms with Crippen molar-refractivity contribution < 1.29 is 28.8 Å². The van der Waals surface area contributed by atoms with Crippen molar-refractivity contribution in [3.8, 4) is 0 Å². The Morgan fingerprint density at radius 2 is 1.86 bits per heavy atom. The first-order valence-electron chi connectivity index (χ1n) is 6.51. The van der Waals surface area contributed by atoms with E-state index >= 15 is 0 Å². The first kappa shape index (κ1) is 14.9. The monoisotopic (exact) mass is 294 g/mol. The summed E-state index contributed by atoms with van der Waals surface area (Å²) in [5, 5.41) is 0.487. The van der Waals surface area contributed by atoms with Crippen molar-refractivity contribution in [1.82, 2.24) is 9.96 Å². The second-order valence-corrected chi connectivity index (χ2v) is 4.86. The summed E-state index contributed by atoms with van der Waals surface area (Å²) in [5.74, 6) is -3.18. The molecule has 0 aromatic rings. The van der Waals surface area contributed by atoms with Gasteiger partial charge in [-0.3, -0.25) is 24.1 Å². The average Bonchev–Trinajstić information content (AvgIpc) is 2.86.